The van der Waals surface area contributed by atoms with Gasteiger partial charge in [-0.3, -0.25) is 9.59 Å². The van der Waals surface area contributed by atoms with Crippen molar-refractivity contribution in [2.75, 3.05) is 14.2 Å². The van der Waals surface area contributed by atoms with Crippen molar-refractivity contribution in [3.05, 3.63) is 0 Å². The van der Waals surface area contributed by atoms with Crippen LogP contribution in [0.3, 0.4) is 0 Å². The van der Waals surface area contributed by atoms with Gasteiger partial charge in [0.05, 0.1) is 12.2 Å². The van der Waals surface area contributed by atoms with Crippen molar-refractivity contribution in [3.8, 4) is 0 Å². The van der Waals surface area contributed by atoms with Gasteiger partial charge >= 0.3 is 5.97 Å². The van der Waals surface area contributed by atoms with Crippen molar-refractivity contribution in [2.45, 2.75) is 82.6 Å². The number of ether oxygens (including phenoxy) is 2. The average molecular weight is 425 g/mol. The number of rotatable bonds is 3. The summed E-state index contributed by atoms with van der Waals surface area (Å²) in [6.07, 6.45) is 6.36. The minimum absolute atomic E-state index is 0.113. The van der Waals surface area contributed by atoms with E-state index in [-0.39, 0.29) is 41.8 Å². The molecule has 0 aromatic rings. The number of carboxylic acids is 1. The molecular weight excluding hydrogens is 388 g/mol. The summed E-state index contributed by atoms with van der Waals surface area (Å²) < 4.78 is 11.7. The molecule has 0 aromatic heterocycles. The Morgan fingerprint density at radius 3 is 2.03 bits per heavy atom. The van der Waals surface area contributed by atoms with Crippen LogP contribution in [0.25, 0.3) is 0 Å². The summed E-state index contributed by atoms with van der Waals surface area (Å²) in [4.78, 5) is 36.8. The van der Waals surface area contributed by atoms with E-state index in [0.29, 0.717) is 12.8 Å². The monoisotopic (exact) mass is 424 g/mol. The number of aliphatic carboxylic acids is 1. The number of fused-ring (bicyclic) bond motifs is 5. The smallest absolute Gasteiger partial charge is 0.326 e. The summed E-state index contributed by atoms with van der Waals surface area (Å²) in [7, 11) is 3.50. The maximum atomic E-state index is 12.5. The Kier molecular flexibility index (Phi) is 7.74. The number of carboxylic acid groups (broad SMARTS) is 1. The SMILES string of the molecule is CO[C@H]1CC[C@@H]2CC(=O)N[C@@H](C)C(=O)N[C@H](C(=O)O)C[C@H]3CC[C@H](OC)[C@@H](C3)[C@@H]1C2. The Morgan fingerprint density at radius 1 is 0.900 bits per heavy atom. The number of amides is 2. The average Bonchev–Trinajstić information content (AvgIpc) is 2.72. The van der Waals surface area contributed by atoms with E-state index in [1.807, 2.05) is 0 Å². The van der Waals surface area contributed by atoms with E-state index < -0.39 is 24.0 Å². The molecule has 3 aliphatic rings. The third kappa shape index (κ3) is 5.32. The predicted octanol–water partition coefficient (Wildman–Crippen LogP) is 1.72. The number of carbonyl (C=O) groups excluding carboxylic acids is 2. The Labute approximate surface area is 178 Å². The number of hydrogen-bond donors (Lipinski definition) is 3. The van der Waals surface area contributed by atoms with Crippen LogP contribution in [0.5, 0.6) is 0 Å². The fraction of sp³-hybridized carbons (Fsp3) is 0.864. The molecule has 170 valence electrons. The first-order chi connectivity index (χ1) is 14.3. The highest BCUT2D eigenvalue weighted by Gasteiger charge is 2.43. The second kappa shape index (κ2) is 10.1. The zero-order valence-corrected chi connectivity index (χ0v) is 18.3. The van der Waals surface area contributed by atoms with Gasteiger partial charge in [-0.15, -0.1) is 0 Å². The van der Waals surface area contributed by atoms with Crippen LogP contribution in [0.1, 0.15) is 58.3 Å². The van der Waals surface area contributed by atoms with Gasteiger partial charge in [-0.1, -0.05) is 0 Å². The quantitative estimate of drug-likeness (QED) is 0.636. The minimum atomic E-state index is -1.04. The number of carbonyl (C=O) groups is 3. The molecule has 0 unspecified atom stereocenters. The molecule has 1 aliphatic heterocycles. The van der Waals surface area contributed by atoms with Crippen molar-refractivity contribution in [1.29, 1.82) is 0 Å². The van der Waals surface area contributed by atoms with Crippen LogP contribution >= 0.6 is 0 Å². The highest BCUT2D eigenvalue weighted by Crippen LogP contribution is 2.45. The van der Waals surface area contributed by atoms with Gasteiger partial charge in [-0.25, -0.2) is 4.79 Å². The lowest BCUT2D eigenvalue weighted by Gasteiger charge is -2.46. The molecule has 2 saturated carbocycles. The second-order valence-corrected chi connectivity index (χ2v) is 9.36. The fourth-order valence-corrected chi connectivity index (χ4v) is 5.90. The van der Waals surface area contributed by atoms with Crippen molar-refractivity contribution < 1.29 is 29.0 Å². The highest BCUT2D eigenvalue weighted by atomic mass is 16.5. The third-order valence-corrected chi connectivity index (χ3v) is 7.47. The molecule has 3 rings (SSSR count). The van der Waals surface area contributed by atoms with Crippen molar-refractivity contribution in [3.63, 3.8) is 0 Å². The molecule has 1 saturated heterocycles. The standard InChI is InChI=1S/C22H36N2O6/c1-12-21(26)24-17(22(27)28)10-13-4-6-18(29-2)15(8-13)16-9-14(11-20(25)23-12)5-7-19(16)30-3/h12-19H,4-11H2,1-3H3,(H,23,25)(H,24,26)(H,27,28)/t12-,13-,14-,15-,16-,17-,18-,19-/m0/s1. The Hall–Kier alpha value is -1.67. The Morgan fingerprint density at radius 2 is 1.47 bits per heavy atom. The Bertz CT molecular complexity index is 641. The first-order valence-electron chi connectivity index (χ1n) is 11.2. The van der Waals surface area contributed by atoms with E-state index >= 15 is 0 Å². The second-order valence-electron chi connectivity index (χ2n) is 9.36. The van der Waals surface area contributed by atoms with Gasteiger partial charge in [-0.05, 0) is 75.5 Å². The summed E-state index contributed by atoms with van der Waals surface area (Å²) >= 11 is 0. The number of nitrogens with one attached hydrogen (secondary N) is 2. The third-order valence-electron chi connectivity index (χ3n) is 7.47. The lowest BCUT2D eigenvalue weighted by Crippen LogP contribution is -2.52. The maximum Gasteiger partial charge on any atom is 0.326 e. The van der Waals surface area contributed by atoms with Crippen LogP contribution in [-0.4, -0.2) is 61.4 Å². The molecule has 1 heterocycles. The zero-order chi connectivity index (χ0) is 21.8. The van der Waals surface area contributed by atoms with Crippen LogP contribution in [0.15, 0.2) is 0 Å². The van der Waals surface area contributed by atoms with Gasteiger partial charge in [0.15, 0.2) is 0 Å². The summed E-state index contributed by atoms with van der Waals surface area (Å²) in [5, 5.41) is 15.0. The minimum Gasteiger partial charge on any atom is -0.480 e. The molecule has 30 heavy (non-hydrogen) atoms. The molecule has 8 atom stereocenters. The normalized spacial score (nSPS) is 40.6. The molecule has 8 nitrogen and oxygen atoms in total. The first kappa shape index (κ1) is 23.0. The molecule has 2 aliphatic carbocycles. The molecule has 3 N–H and O–H groups in total. The van der Waals surface area contributed by atoms with Gasteiger partial charge in [0.25, 0.3) is 0 Å². The maximum absolute atomic E-state index is 12.5. The summed E-state index contributed by atoms with van der Waals surface area (Å²) in [6.45, 7) is 1.60. The van der Waals surface area contributed by atoms with Crippen LogP contribution < -0.4 is 10.6 Å². The lowest BCUT2D eigenvalue weighted by atomic mass is 9.64. The molecular formula is C22H36N2O6. The van der Waals surface area contributed by atoms with Crippen LogP contribution in [-0.2, 0) is 23.9 Å². The highest BCUT2D eigenvalue weighted by molar-refractivity contribution is 5.90. The van der Waals surface area contributed by atoms with E-state index in [0.717, 1.165) is 38.5 Å². The first-order valence-corrected chi connectivity index (χ1v) is 11.2. The van der Waals surface area contributed by atoms with Gasteiger partial charge in [0.1, 0.15) is 12.1 Å². The van der Waals surface area contributed by atoms with Gasteiger partial charge in [0.2, 0.25) is 11.8 Å². The largest absolute Gasteiger partial charge is 0.480 e. The molecule has 3 fully saturated rings. The molecule has 0 radical (unpaired) electrons. The fourth-order valence-electron chi connectivity index (χ4n) is 5.90. The van der Waals surface area contributed by atoms with Crippen molar-refractivity contribution in [1.82, 2.24) is 10.6 Å². The van der Waals surface area contributed by atoms with Gasteiger partial charge < -0.3 is 25.2 Å². The Balaban J connectivity index is 1.88. The van der Waals surface area contributed by atoms with Crippen LogP contribution in [0.4, 0.5) is 0 Å². The zero-order valence-electron chi connectivity index (χ0n) is 18.3. The predicted molar refractivity (Wildman–Crippen MR) is 110 cm³/mol. The molecule has 0 aromatic carbocycles. The summed E-state index contributed by atoms with van der Waals surface area (Å²) in [5.41, 5.74) is 0. The van der Waals surface area contributed by atoms with Crippen LogP contribution in [0.2, 0.25) is 0 Å². The topological polar surface area (TPSA) is 114 Å². The van der Waals surface area contributed by atoms with E-state index in [1.54, 1.807) is 21.1 Å². The van der Waals surface area contributed by atoms with Crippen molar-refractivity contribution >= 4 is 17.8 Å². The van der Waals surface area contributed by atoms with Gasteiger partial charge in [-0.2, -0.15) is 0 Å². The van der Waals surface area contributed by atoms with E-state index in [9.17, 15) is 19.5 Å². The van der Waals surface area contributed by atoms with Crippen molar-refractivity contribution in [2.24, 2.45) is 23.7 Å². The van der Waals surface area contributed by atoms with Crippen LogP contribution in [0, 0.1) is 23.7 Å². The van der Waals surface area contributed by atoms with E-state index in [1.165, 1.54) is 0 Å². The summed E-state index contributed by atoms with van der Waals surface area (Å²) in [5.74, 6) is -0.643. The van der Waals surface area contributed by atoms with Gasteiger partial charge in [0, 0.05) is 20.6 Å². The van der Waals surface area contributed by atoms with E-state index in [4.69, 9.17) is 9.47 Å². The molecule has 8 heteroatoms. The number of methoxy groups -OCH3 is 2. The molecule has 4 bridgehead atoms. The summed E-state index contributed by atoms with van der Waals surface area (Å²) in [6, 6.07) is -1.72. The number of hydrogen-bond acceptors (Lipinski definition) is 5. The molecule has 0 spiro atoms. The van der Waals surface area contributed by atoms with E-state index in [2.05, 4.69) is 10.6 Å². The molecule has 2 amide bonds. The lowest BCUT2D eigenvalue weighted by molar-refractivity contribution is -0.143.